The van der Waals surface area contributed by atoms with Crippen molar-refractivity contribution in [2.75, 3.05) is 11.1 Å². The van der Waals surface area contributed by atoms with Crippen LogP contribution in [0.1, 0.15) is 10.4 Å². The van der Waals surface area contributed by atoms with Crippen molar-refractivity contribution in [3.8, 4) is 17.3 Å². The third-order valence-electron chi connectivity index (χ3n) is 4.11. The number of amides is 1. The summed E-state index contributed by atoms with van der Waals surface area (Å²) in [5.41, 5.74) is 1.36. The smallest absolute Gasteiger partial charge is 0.335 e. The summed E-state index contributed by atoms with van der Waals surface area (Å²) in [6.07, 6.45) is 1.56. The second kappa shape index (κ2) is 8.66. The van der Waals surface area contributed by atoms with Gasteiger partial charge in [0, 0.05) is 11.4 Å². The first-order valence-corrected chi connectivity index (χ1v) is 9.91. The number of carbonyl (C=O) groups excluding carboxylic acids is 1. The van der Waals surface area contributed by atoms with Gasteiger partial charge < -0.3 is 14.8 Å². The molecule has 0 bridgehead atoms. The minimum absolute atomic E-state index is 0.0699. The van der Waals surface area contributed by atoms with Crippen molar-refractivity contribution in [2.24, 2.45) is 0 Å². The lowest BCUT2D eigenvalue weighted by Gasteiger charge is -2.09. The van der Waals surface area contributed by atoms with Crippen LogP contribution >= 0.6 is 11.8 Å². The second-order valence-corrected chi connectivity index (χ2v) is 7.12. The van der Waals surface area contributed by atoms with Crippen LogP contribution in [0.15, 0.2) is 82.6 Å². The van der Waals surface area contributed by atoms with Crippen molar-refractivity contribution in [1.82, 2.24) is 14.8 Å². The molecule has 150 valence electrons. The maximum atomic E-state index is 12.4. The molecule has 0 aliphatic carbocycles. The van der Waals surface area contributed by atoms with Crippen molar-refractivity contribution in [3.05, 3.63) is 78.6 Å². The number of thioether (sulfide) groups is 1. The lowest BCUT2D eigenvalue weighted by atomic mass is 10.2. The van der Waals surface area contributed by atoms with Crippen molar-refractivity contribution in [3.63, 3.8) is 0 Å². The van der Waals surface area contributed by atoms with Crippen LogP contribution in [-0.2, 0) is 4.79 Å². The van der Waals surface area contributed by atoms with E-state index in [2.05, 4.69) is 15.5 Å². The van der Waals surface area contributed by atoms with Gasteiger partial charge in [-0.25, -0.2) is 4.79 Å². The van der Waals surface area contributed by atoms with E-state index in [1.807, 2.05) is 34.9 Å². The van der Waals surface area contributed by atoms with Gasteiger partial charge in [0.2, 0.25) is 11.7 Å². The van der Waals surface area contributed by atoms with E-state index in [1.165, 1.54) is 23.9 Å². The predicted molar refractivity (Wildman–Crippen MR) is 112 cm³/mol. The molecule has 2 N–H and O–H groups in total. The fourth-order valence-electron chi connectivity index (χ4n) is 2.80. The third-order valence-corrected chi connectivity index (χ3v) is 5.04. The first kappa shape index (κ1) is 19.5. The number of benzene rings is 2. The normalized spacial score (nSPS) is 10.7. The Morgan fingerprint density at radius 1 is 1.03 bits per heavy atom. The van der Waals surface area contributed by atoms with E-state index in [9.17, 15) is 9.59 Å². The molecule has 2 aromatic carbocycles. The molecule has 30 heavy (non-hydrogen) atoms. The highest BCUT2D eigenvalue weighted by molar-refractivity contribution is 7.99. The highest BCUT2D eigenvalue weighted by Gasteiger charge is 2.19. The summed E-state index contributed by atoms with van der Waals surface area (Å²) >= 11 is 1.22. The monoisotopic (exact) mass is 420 g/mol. The Morgan fingerprint density at radius 2 is 1.87 bits per heavy atom. The molecule has 4 rings (SSSR count). The van der Waals surface area contributed by atoms with Crippen LogP contribution in [0.25, 0.3) is 17.3 Å². The summed E-state index contributed by atoms with van der Waals surface area (Å²) < 4.78 is 7.29. The van der Waals surface area contributed by atoms with E-state index in [0.717, 1.165) is 5.69 Å². The second-order valence-electron chi connectivity index (χ2n) is 6.18. The van der Waals surface area contributed by atoms with Gasteiger partial charge in [-0.15, -0.1) is 10.2 Å². The first-order chi connectivity index (χ1) is 14.6. The molecule has 0 spiro atoms. The SMILES string of the molecule is O=C(CSc1nnc(-c2ccco2)n1-c1ccccc1)Nc1cccc(C(=O)O)c1. The molecule has 2 aromatic heterocycles. The number of nitrogens with one attached hydrogen (secondary N) is 1. The molecule has 0 radical (unpaired) electrons. The maximum absolute atomic E-state index is 12.4. The Bertz CT molecular complexity index is 1170. The molecule has 0 aliphatic heterocycles. The molecule has 2 heterocycles. The van der Waals surface area contributed by atoms with E-state index < -0.39 is 5.97 Å². The summed E-state index contributed by atoms with van der Waals surface area (Å²) in [6.45, 7) is 0. The number of anilines is 1. The fourth-order valence-corrected chi connectivity index (χ4v) is 3.55. The van der Waals surface area contributed by atoms with Gasteiger partial charge in [0.15, 0.2) is 10.9 Å². The number of hydrogen-bond donors (Lipinski definition) is 2. The van der Waals surface area contributed by atoms with Gasteiger partial charge in [-0.05, 0) is 42.5 Å². The zero-order valence-corrected chi connectivity index (χ0v) is 16.4. The van der Waals surface area contributed by atoms with E-state index >= 15 is 0 Å². The molecule has 1 amide bonds. The Morgan fingerprint density at radius 3 is 2.60 bits per heavy atom. The van der Waals surface area contributed by atoms with Crippen molar-refractivity contribution >= 4 is 29.3 Å². The van der Waals surface area contributed by atoms with Gasteiger partial charge in [0.25, 0.3) is 0 Å². The topological polar surface area (TPSA) is 110 Å². The lowest BCUT2D eigenvalue weighted by Crippen LogP contribution is -2.15. The number of rotatable bonds is 7. The van der Waals surface area contributed by atoms with Gasteiger partial charge >= 0.3 is 5.97 Å². The highest BCUT2D eigenvalue weighted by Crippen LogP contribution is 2.28. The Balaban J connectivity index is 1.53. The maximum Gasteiger partial charge on any atom is 0.335 e. The fraction of sp³-hybridized carbons (Fsp3) is 0.0476. The Hall–Kier alpha value is -3.85. The summed E-state index contributed by atoms with van der Waals surface area (Å²) in [5.74, 6) is -0.177. The number of nitrogens with zero attached hydrogens (tertiary/aromatic N) is 3. The van der Waals surface area contributed by atoms with Gasteiger partial charge in [0.05, 0.1) is 17.6 Å². The van der Waals surface area contributed by atoms with Crippen LogP contribution in [0, 0.1) is 0 Å². The summed E-state index contributed by atoms with van der Waals surface area (Å²) in [5, 5.41) is 20.8. The average molecular weight is 420 g/mol. The number of carbonyl (C=O) groups is 2. The third kappa shape index (κ3) is 4.26. The molecule has 0 fully saturated rings. The van der Waals surface area contributed by atoms with Gasteiger partial charge in [-0.1, -0.05) is 36.0 Å². The van der Waals surface area contributed by atoms with Crippen LogP contribution in [0.3, 0.4) is 0 Å². The average Bonchev–Trinajstić information content (AvgIpc) is 3.43. The molecule has 9 heteroatoms. The molecular formula is C21H16N4O4S. The number of hydrogen-bond acceptors (Lipinski definition) is 6. The van der Waals surface area contributed by atoms with Crippen LogP contribution in [0.5, 0.6) is 0 Å². The predicted octanol–water partition coefficient (Wildman–Crippen LogP) is 3.96. The van der Waals surface area contributed by atoms with Gasteiger partial charge in [-0.2, -0.15) is 0 Å². The minimum atomic E-state index is -1.05. The largest absolute Gasteiger partial charge is 0.478 e. The summed E-state index contributed by atoms with van der Waals surface area (Å²) in [6, 6.07) is 19.2. The quantitative estimate of drug-likeness (QED) is 0.436. The first-order valence-electron chi connectivity index (χ1n) is 8.92. The standard InChI is InChI=1S/C21H16N4O4S/c26-18(22-15-7-4-6-14(12-15)20(27)28)13-30-21-24-23-19(17-10-5-11-29-17)25(21)16-8-2-1-3-9-16/h1-12H,13H2,(H,22,26)(H,27,28). The van der Waals surface area contributed by atoms with Crippen LogP contribution in [-0.4, -0.2) is 37.5 Å². The number of aromatic carboxylic acids is 1. The molecule has 4 aromatic rings. The van der Waals surface area contributed by atoms with Crippen LogP contribution in [0.2, 0.25) is 0 Å². The Labute approximate surface area is 175 Å². The number of aromatic nitrogens is 3. The van der Waals surface area contributed by atoms with E-state index in [4.69, 9.17) is 9.52 Å². The molecule has 0 saturated heterocycles. The highest BCUT2D eigenvalue weighted by atomic mass is 32.2. The van der Waals surface area contributed by atoms with E-state index in [0.29, 0.717) is 22.4 Å². The number of carboxylic acid groups (broad SMARTS) is 1. The molecule has 0 atom stereocenters. The minimum Gasteiger partial charge on any atom is -0.478 e. The van der Waals surface area contributed by atoms with Crippen molar-refractivity contribution in [1.29, 1.82) is 0 Å². The summed E-state index contributed by atoms with van der Waals surface area (Å²) in [4.78, 5) is 23.5. The van der Waals surface area contributed by atoms with Crippen LogP contribution < -0.4 is 5.32 Å². The molecule has 0 saturated carbocycles. The lowest BCUT2D eigenvalue weighted by molar-refractivity contribution is -0.113. The molecule has 8 nitrogen and oxygen atoms in total. The number of para-hydroxylation sites is 1. The van der Waals surface area contributed by atoms with Crippen molar-refractivity contribution in [2.45, 2.75) is 5.16 Å². The molecule has 0 unspecified atom stereocenters. The molecule has 0 aliphatic rings. The Kier molecular flexibility index (Phi) is 5.62. The summed E-state index contributed by atoms with van der Waals surface area (Å²) in [7, 11) is 0. The molecular weight excluding hydrogens is 404 g/mol. The van der Waals surface area contributed by atoms with Gasteiger partial charge in [-0.3, -0.25) is 9.36 Å². The number of furan rings is 1. The van der Waals surface area contributed by atoms with Gasteiger partial charge in [0.1, 0.15) is 0 Å². The van der Waals surface area contributed by atoms with Crippen LogP contribution in [0.4, 0.5) is 5.69 Å². The van der Waals surface area contributed by atoms with E-state index in [1.54, 1.807) is 30.5 Å². The number of carboxylic acids is 1. The zero-order valence-electron chi connectivity index (χ0n) is 15.6. The van der Waals surface area contributed by atoms with E-state index in [-0.39, 0.29) is 17.2 Å². The van der Waals surface area contributed by atoms with Crippen molar-refractivity contribution < 1.29 is 19.1 Å². The zero-order chi connectivity index (χ0) is 20.9.